The molecule has 0 bridgehead atoms. The van der Waals surface area contributed by atoms with Crippen molar-refractivity contribution >= 4 is 40.9 Å². The van der Waals surface area contributed by atoms with Crippen LogP contribution in [0.2, 0.25) is 5.02 Å². The summed E-state index contributed by atoms with van der Waals surface area (Å²) < 4.78 is 7.02. The van der Waals surface area contributed by atoms with E-state index in [0.717, 1.165) is 28.1 Å². The molecule has 0 saturated carbocycles. The summed E-state index contributed by atoms with van der Waals surface area (Å²) >= 11 is 7.55. The molecule has 1 aliphatic heterocycles. The van der Waals surface area contributed by atoms with Gasteiger partial charge in [-0.1, -0.05) is 65.3 Å². The molecule has 7 nitrogen and oxygen atoms in total. The Bertz CT molecular complexity index is 1450. The van der Waals surface area contributed by atoms with E-state index in [-0.39, 0.29) is 5.91 Å². The lowest BCUT2D eigenvalue weighted by molar-refractivity contribution is -0.113. The Hall–Kier alpha value is -3.75. The fraction of sp³-hybridized carbons (Fsp3) is 0.179. The second kappa shape index (κ2) is 10.7. The van der Waals surface area contributed by atoms with Gasteiger partial charge in [0.05, 0.1) is 12.7 Å². The first-order valence-electron chi connectivity index (χ1n) is 11.7. The monoisotopic (exact) mass is 531 g/mol. The molecule has 1 aliphatic rings. The molecule has 1 amide bonds. The fourth-order valence-corrected chi connectivity index (χ4v) is 5.06. The van der Waals surface area contributed by atoms with Crippen molar-refractivity contribution in [2.75, 3.05) is 17.7 Å². The minimum Gasteiger partial charge on any atom is -0.497 e. The predicted molar refractivity (Wildman–Crippen MR) is 148 cm³/mol. The van der Waals surface area contributed by atoms with E-state index in [2.05, 4.69) is 10.6 Å². The van der Waals surface area contributed by atoms with Crippen molar-refractivity contribution in [3.05, 3.63) is 106 Å². The summed E-state index contributed by atoms with van der Waals surface area (Å²) in [6.45, 7) is 3.93. The van der Waals surface area contributed by atoms with Crippen molar-refractivity contribution in [1.29, 1.82) is 0 Å². The van der Waals surface area contributed by atoms with Crippen LogP contribution >= 0.6 is 23.4 Å². The second-order valence-electron chi connectivity index (χ2n) is 8.74. The zero-order valence-corrected chi connectivity index (χ0v) is 22.2. The number of nitrogens with one attached hydrogen (secondary N) is 2. The Balaban J connectivity index is 1.46. The molecule has 1 atom stereocenters. The van der Waals surface area contributed by atoms with Gasteiger partial charge in [0, 0.05) is 22.2 Å². The average Bonchev–Trinajstić information content (AvgIpc) is 3.31. The third kappa shape index (κ3) is 5.50. The normalized spacial score (nSPS) is 14.6. The molecule has 0 radical (unpaired) electrons. The molecule has 5 rings (SSSR count). The average molecular weight is 532 g/mol. The molecule has 0 spiro atoms. The summed E-state index contributed by atoms with van der Waals surface area (Å²) in [5.74, 6) is 1.81. The van der Waals surface area contributed by atoms with Gasteiger partial charge in [-0.2, -0.15) is 4.98 Å². The smallest absolute Gasteiger partial charge is 0.255 e. The Labute approximate surface area is 224 Å². The first kappa shape index (κ1) is 24.9. The molecule has 0 fully saturated rings. The lowest BCUT2D eigenvalue weighted by Crippen LogP contribution is -2.31. The van der Waals surface area contributed by atoms with Gasteiger partial charge in [-0.05, 0) is 61.4 Å². The molecule has 1 aromatic heterocycles. The number of methoxy groups -OCH3 is 1. The van der Waals surface area contributed by atoms with Crippen LogP contribution in [0, 0.1) is 6.92 Å². The number of anilines is 2. The van der Waals surface area contributed by atoms with Crippen LogP contribution in [0.1, 0.15) is 29.7 Å². The number of aryl methyl sites for hydroxylation is 1. The summed E-state index contributed by atoms with van der Waals surface area (Å²) in [7, 11) is 1.61. The first-order valence-corrected chi connectivity index (χ1v) is 13.1. The lowest BCUT2D eigenvalue weighted by Gasteiger charge is -2.28. The van der Waals surface area contributed by atoms with Crippen molar-refractivity contribution < 1.29 is 9.53 Å². The zero-order valence-electron chi connectivity index (χ0n) is 20.7. The van der Waals surface area contributed by atoms with Gasteiger partial charge in [-0.15, -0.1) is 5.10 Å². The molecule has 2 N–H and O–H groups in total. The largest absolute Gasteiger partial charge is 0.497 e. The quantitative estimate of drug-likeness (QED) is 0.266. The number of allylic oxidation sites excluding steroid dienone is 1. The van der Waals surface area contributed by atoms with Gasteiger partial charge in [-0.25, -0.2) is 4.68 Å². The Morgan fingerprint density at radius 2 is 1.76 bits per heavy atom. The van der Waals surface area contributed by atoms with Crippen molar-refractivity contribution in [2.45, 2.75) is 30.8 Å². The van der Waals surface area contributed by atoms with E-state index in [9.17, 15) is 4.79 Å². The molecule has 0 saturated heterocycles. The number of thioether (sulfide) groups is 1. The first-order chi connectivity index (χ1) is 17.9. The number of nitrogens with zero attached hydrogens (tertiary/aromatic N) is 3. The highest BCUT2D eigenvalue weighted by Gasteiger charge is 2.34. The van der Waals surface area contributed by atoms with Crippen LogP contribution in [0.25, 0.3) is 0 Å². The van der Waals surface area contributed by atoms with E-state index >= 15 is 0 Å². The predicted octanol–water partition coefficient (Wildman–Crippen LogP) is 6.47. The van der Waals surface area contributed by atoms with Gasteiger partial charge in [0.25, 0.3) is 5.91 Å². The van der Waals surface area contributed by atoms with Crippen molar-refractivity contribution in [3.8, 4) is 5.75 Å². The molecule has 188 valence electrons. The topological polar surface area (TPSA) is 81.1 Å². The van der Waals surface area contributed by atoms with Gasteiger partial charge >= 0.3 is 0 Å². The SMILES string of the molecule is COc1ccc(NC(=O)C2=C(C)Nc3nc(SCc4ccc(Cl)cc4)nn3C2c2ccc(C)cc2)cc1. The number of fused-ring (bicyclic) bond motifs is 1. The number of aromatic nitrogens is 3. The zero-order chi connectivity index (χ0) is 25.9. The molecule has 2 heterocycles. The Morgan fingerprint density at radius 1 is 1.05 bits per heavy atom. The number of carbonyl (C=O) groups is 1. The van der Waals surface area contributed by atoms with E-state index in [1.807, 2.05) is 86.6 Å². The van der Waals surface area contributed by atoms with Crippen LogP contribution in [-0.4, -0.2) is 27.8 Å². The third-order valence-corrected chi connectivity index (χ3v) is 7.26. The molecule has 1 unspecified atom stereocenters. The van der Waals surface area contributed by atoms with Crippen LogP contribution in [0.5, 0.6) is 5.75 Å². The number of benzene rings is 3. The minimum atomic E-state index is -0.438. The highest BCUT2D eigenvalue weighted by Crippen LogP contribution is 2.37. The van der Waals surface area contributed by atoms with Crippen LogP contribution in [-0.2, 0) is 10.5 Å². The fourth-order valence-electron chi connectivity index (χ4n) is 4.14. The maximum absolute atomic E-state index is 13.6. The van der Waals surface area contributed by atoms with Crippen LogP contribution in [0.15, 0.2) is 89.2 Å². The summed E-state index contributed by atoms with van der Waals surface area (Å²) in [5, 5.41) is 12.5. The number of carbonyl (C=O) groups excluding carboxylic acids is 1. The molecule has 3 aromatic carbocycles. The van der Waals surface area contributed by atoms with E-state index in [0.29, 0.717) is 33.1 Å². The highest BCUT2D eigenvalue weighted by atomic mass is 35.5. The standard InChI is InChI=1S/C28H26ClN5O2S/c1-17-4-8-20(9-5-17)25-24(26(35)31-22-12-14-23(36-3)15-13-22)18(2)30-27-32-28(33-34(25)27)37-16-19-6-10-21(29)11-7-19/h4-15,25H,16H2,1-3H3,(H,31,35)(H,30,32,33). The van der Waals surface area contributed by atoms with Crippen LogP contribution < -0.4 is 15.4 Å². The number of amides is 1. The summed E-state index contributed by atoms with van der Waals surface area (Å²) in [6.07, 6.45) is 0. The van der Waals surface area contributed by atoms with E-state index in [1.54, 1.807) is 11.8 Å². The van der Waals surface area contributed by atoms with Gasteiger partial charge in [0.15, 0.2) is 0 Å². The maximum Gasteiger partial charge on any atom is 0.255 e. The lowest BCUT2D eigenvalue weighted by atomic mass is 9.94. The summed E-state index contributed by atoms with van der Waals surface area (Å²) in [6, 6.07) is 22.7. The Kier molecular flexibility index (Phi) is 7.21. The molecular formula is C28H26ClN5O2S. The van der Waals surface area contributed by atoms with E-state index in [1.165, 1.54) is 11.8 Å². The van der Waals surface area contributed by atoms with Gasteiger partial charge in [0.2, 0.25) is 11.1 Å². The Morgan fingerprint density at radius 3 is 2.43 bits per heavy atom. The maximum atomic E-state index is 13.6. The molecular weight excluding hydrogens is 506 g/mol. The van der Waals surface area contributed by atoms with Crippen LogP contribution in [0.4, 0.5) is 11.6 Å². The van der Waals surface area contributed by atoms with Crippen LogP contribution in [0.3, 0.4) is 0 Å². The molecule has 9 heteroatoms. The number of ether oxygens (including phenoxy) is 1. The van der Waals surface area contributed by atoms with Gasteiger partial charge < -0.3 is 15.4 Å². The minimum absolute atomic E-state index is 0.211. The van der Waals surface area contributed by atoms with Crippen molar-refractivity contribution in [1.82, 2.24) is 14.8 Å². The summed E-state index contributed by atoms with van der Waals surface area (Å²) in [4.78, 5) is 18.3. The van der Waals surface area contributed by atoms with Gasteiger partial charge in [0.1, 0.15) is 11.8 Å². The van der Waals surface area contributed by atoms with E-state index < -0.39 is 6.04 Å². The number of hydrogen-bond donors (Lipinski definition) is 2. The highest BCUT2D eigenvalue weighted by molar-refractivity contribution is 7.98. The summed E-state index contributed by atoms with van der Waals surface area (Å²) in [5.41, 5.74) is 5.20. The van der Waals surface area contributed by atoms with Crippen molar-refractivity contribution in [3.63, 3.8) is 0 Å². The molecule has 0 aliphatic carbocycles. The number of halogens is 1. The molecule has 37 heavy (non-hydrogen) atoms. The van der Waals surface area contributed by atoms with Crippen molar-refractivity contribution in [2.24, 2.45) is 0 Å². The third-order valence-electron chi connectivity index (χ3n) is 6.10. The van der Waals surface area contributed by atoms with Gasteiger partial charge in [-0.3, -0.25) is 4.79 Å². The molecule has 4 aromatic rings. The number of rotatable bonds is 7. The number of hydrogen-bond acceptors (Lipinski definition) is 6. The second-order valence-corrected chi connectivity index (χ2v) is 10.1. The van der Waals surface area contributed by atoms with E-state index in [4.69, 9.17) is 26.4 Å².